The molecule has 8 aromatic rings. The number of anilines is 1. The van der Waals surface area contributed by atoms with Crippen LogP contribution in [-0.2, 0) is 26.3 Å². The number of aryl methyl sites for hydroxylation is 1. The molecule has 2 aliphatic rings. The van der Waals surface area contributed by atoms with Crippen molar-refractivity contribution in [2.75, 3.05) is 32.7 Å². The third kappa shape index (κ3) is 9.58. The quantitative estimate of drug-likeness (QED) is 0.0673. The lowest BCUT2D eigenvalue weighted by Crippen LogP contribution is -2.38. The van der Waals surface area contributed by atoms with Gasteiger partial charge in [-0.15, -0.1) is 0 Å². The SMILES string of the molecule is COc1ccc(C(OCC2OC(n3c(C#CCNC(=O)CCc4ccc5c(c4)C(=O)c4ccccc4C5=O)nc4c(NC(=O)c5ccccc5)ncnc43)CC2O)(c2ccccc2)c2ccc(OC)cc2)cc1. The zero-order valence-corrected chi connectivity index (χ0v) is 39.8. The summed E-state index contributed by atoms with van der Waals surface area (Å²) < 4.78 is 26.5. The molecule has 0 bridgehead atoms. The van der Waals surface area contributed by atoms with E-state index in [1.54, 1.807) is 85.5 Å². The van der Waals surface area contributed by atoms with Gasteiger partial charge in [0, 0.05) is 40.7 Å². The second kappa shape index (κ2) is 20.9. The van der Waals surface area contributed by atoms with E-state index < -0.39 is 29.9 Å². The summed E-state index contributed by atoms with van der Waals surface area (Å²) in [4.78, 5) is 66.7. The molecular weight excluding hydrogens is 925 g/mol. The Bertz CT molecular complexity index is 3380. The molecule has 3 heterocycles. The van der Waals surface area contributed by atoms with E-state index in [1.807, 2.05) is 84.9 Å². The van der Waals surface area contributed by atoms with Crippen LogP contribution in [0.25, 0.3) is 11.2 Å². The highest BCUT2D eigenvalue weighted by atomic mass is 16.6. The molecule has 2 aromatic heterocycles. The van der Waals surface area contributed by atoms with Crippen LogP contribution in [0.4, 0.5) is 5.82 Å². The number of aliphatic hydroxyl groups excluding tert-OH is 1. The van der Waals surface area contributed by atoms with Crippen LogP contribution >= 0.6 is 0 Å². The monoisotopic (exact) mass is 972 g/mol. The van der Waals surface area contributed by atoms with Gasteiger partial charge in [-0.1, -0.05) is 115 Å². The Morgan fingerprint density at radius 3 is 2.01 bits per heavy atom. The van der Waals surface area contributed by atoms with Gasteiger partial charge in [0.1, 0.15) is 35.8 Å². The second-order valence-corrected chi connectivity index (χ2v) is 17.4. The van der Waals surface area contributed by atoms with Crippen molar-refractivity contribution in [2.24, 2.45) is 0 Å². The topological polar surface area (TPSA) is 193 Å². The Hall–Kier alpha value is -8.81. The van der Waals surface area contributed by atoms with Crippen LogP contribution in [0.1, 0.15) is 89.3 Å². The number of carbonyl (C=O) groups excluding carboxylic acids is 4. The van der Waals surface area contributed by atoms with E-state index in [4.69, 9.17) is 23.9 Å². The standard InChI is InChI=1S/C58H48N6O9/c1-70-41-25-21-39(22-26-41)58(38-14-7-4-8-15-38,40-23-27-42(71-2)28-24-40)72-34-48-47(65)33-51(73-48)64-49(62-52-55(60-35-61-56(52)64)63-57(69)37-12-5-3-6-13-37)18-11-31-59-50(66)30-20-36-19-29-45-46(32-36)54(68)44-17-10-9-16-43(44)53(45)67/h3-10,12-17,19,21-29,32,35,47-48,51,65H,20,30-31,33-34H2,1-2H3,(H,59,66)(H,60,61,63,69). The molecule has 6 aromatic carbocycles. The Labute approximate surface area is 420 Å². The van der Waals surface area contributed by atoms with E-state index in [1.165, 1.54) is 6.33 Å². The fourth-order valence-electron chi connectivity index (χ4n) is 9.35. The minimum atomic E-state index is -1.18. The fraction of sp³-hybridized carbons (Fsp3) is 0.190. The first-order valence-electron chi connectivity index (χ1n) is 23.6. The molecule has 1 saturated heterocycles. The first-order chi connectivity index (χ1) is 35.6. The molecular formula is C58H48N6O9. The number of aromatic nitrogens is 4. The molecule has 15 heteroatoms. The molecule has 3 unspecified atom stereocenters. The van der Waals surface area contributed by atoms with E-state index in [0.717, 1.165) is 22.3 Å². The van der Waals surface area contributed by atoms with E-state index in [9.17, 15) is 24.3 Å². The number of nitrogens with zero attached hydrogens (tertiary/aromatic N) is 4. The minimum Gasteiger partial charge on any atom is -0.497 e. The number of nitrogens with one attached hydrogen (secondary N) is 2. The molecule has 1 aliphatic heterocycles. The lowest BCUT2D eigenvalue weighted by Gasteiger charge is -2.37. The van der Waals surface area contributed by atoms with Gasteiger partial charge in [0.15, 0.2) is 34.4 Å². The van der Waals surface area contributed by atoms with E-state index in [0.29, 0.717) is 45.7 Å². The number of hydrogen-bond acceptors (Lipinski definition) is 12. The molecule has 0 spiro atoms. The summed E-state index contributed by atoms with van der Waals surface area (Å²) in [5, 5.41) is 17.5. The van der Waals surface area contributed by atoms with Gasteiger partial charge in [-0.25, -0.2) is 15.0 Å². The first kappa shape index (κ1) is 47.8. The summed E-state index contributed by atoms with van der Waals surface area (Å²) in [5.41, 5.74) is 4.33. The molecule has 10 rings (SSSR count). The van der Waals surface area contributed by atoms with Gasteiger partial charge >= 0.3 is 0 Å². The third-order valence-corrected chi connectivity index (χ3v) is 13.1. The number of rotatable bonds is 15. The van der Waals surface area contributed by atoms with Crippen LogP contribution in [-0.4, -0.2) is 87.6 Å². The number of ether oxygens (including phenoxy) is 4. The maximum Gasteiger partial charge on any atom is 0.256 e. The Balaban J connectivity index is 0.908. The molecule has 3 N–H and O–H groups in total. The van der Waals surface area contributed by atoms with Crippen molar-refractivity contribution < 1.29 is 43.2 Å². The average molecular weight is 973 g/mol. The van der Waals surface area contributed by atoms with Gasteiger partial charge in [0.2, 0.25) is 5.91 Å². The van der Waals surface area contributed by atoms with Crippen molar-refractivity contribution in [1.29, 1.82) is 0 Å². The summed E-state index contributed by atoms with van der Waals surface area (Å²) in [7, 11) is 3.22. The van der Waals surface area contributed by atoms with Crippen LogP contribution in [0.3, 0.4) is 0 Å². The maximum absolute atomic E-state index is 13.4. The molecule has 73 heavy (non-hydrogen) atoms. The number of hydrogen-bond donors (Lipinski definition) is 3. The summed E-state index contributed by atoms with van der Waals surface area (Å²) in [5.74, 6) is 6.60. The Morgan fingerprint density at radius 1 is 0.753 bits per heavy atom. The minimum absolute atomic E-state index is 0.0534. The Morgan fingerprint density at radius 2 is 1.36 bits per heavy atom. The van der Waals surface area contributed by atoms with Crippen molar-refractivity contribution in [2.45, 2.75) is 43.3 Å². The zero-order valence-electron chi connectivity index (χ0n) is 39.8. The predicted molar refractivity (Wildman–Crippen MR) is 270 cm³/mol. The van der Waals surface area contributed by atoms with Crippen LogP contribution in [0.5, 0.6) is 11.5 Å². The average Bonchev–Trinajstić information content (AvgIpc) is 4.01. The lowest BCUT2D eigenvalue weighted by molar-refractivity contribution is -0.120. The molecule has 0 radical (unpaired) electrons. The predicted octanol–water partition coefficient (Wildman–Crippen LogP) is 7.63. The summed E-state index contributed by atoms with van der Waals surface area (Å²) in [6.45, 7) is -0.117. The molecule has 2 amide bonds. The summed E-state index contributed by atoms with van der Waals surface area (Å²) in [6, 6.07) is 45.6. The van der Waals surface area contributed by atoms with Crippen molar-refractivity contribution in [1.82, 2.24) is 24.8 Å². The van der Waals surface area contributed by atoms with Crippen LogP contribution in [0.2, 0.25) is 0 Å². The number of aliphatic hydroxyl groups is 1. The largest absolute Gasteiger partial charge is 0.497 e. The molecule has 0 saturated carbocycles. The number of imidazole rings is 1. The summed E-state index contributed by atoms with van der Waals surface area (Å²) >= 11 is 0. The highest BCUT2D eigenvalue weighted by Gasteiger charge is 2.43. The fourth-order valence-corrected chi connectivity index (χ4v) is 9.35. The molecule has 1 fully saturated rings. The number of ketones is 2. The third-order valence-electron chi connectivity index (χ3n) is 13.1. The second-order valence-electron chi connectivity index (χ2n) is 17.4. The van der Waals surface area contributed by atoms with E-state index in [-0.39, 0.29) is 66.3 Å². The smallest absolute Gasteiger partial charge is 0.256 e. The van der Waals surface area contributed by atoms with Crippen molar-refractivity contribution in [3.05, 3.63) is 214 Å². The van der Waals surface area contributed by atoms with Crippen molar-refractivity contribution in [3.63, 3.8) is 0 Å². The number of benzene rings is 6. The highest BCUT2D eigenvalue weighted by Crippen LogP contribution is 2.43. The zero-order chi connectivity index (χ0) is 50.5. The number of amides is 2. The van der Waals surface area contributed by atoms with Crippen molar-refractivity contribution >= 4 is 40.4 Å². The molecule has 3 atom stereocenters. The van der Waals surface area contributed by atoms with Gasteiger partial charge in [-0.3, -0.25) is 23.7 Å². The van der Waals surface area contributed by atoms with Gasteiger partial charge in [-0.05, 0) is 77.1 Å². The summed E-state index contributed by atoms with van der Waals surface area (Å²) in [6.07, 6.45) is -0.924. The number of methoxy groups -OCH3 is 2. The maximum atomic E-state index is 13.4. The van der Waals surface area contributed by atoms with Crippen molar-refractivity contribution in [3.8, 4) is 23.3 Å². The van der Waals surface area contributed by atoms with Crippen LogP contribution in [0.15, 0.2) is 158 Å². The van der Waals surface area contributed by atoms with Gasteiger partial charge < -0.3 is 34.7 Å². The van der Waals surface area contributed by atoms with Crippen LogP contribution in [0, 0.1) is 11.8 Å². The number of carbonyl (C=O) groups is 4. The van der Waals surface area contributed by atoms with E-state index >= 15 is 0 Å². The number of fused-ring (bicyclic) bond motifs is 3. The molecule has 15 nitrogen and oxygen atoms in total. The van der Waals surface area contributed by atoms with E-state index in [2.05, 4.69) is 32.4 Å². The first-order valence-corrected chi connectivity index (χ1v) is 23.6. The molecule has 1 aliphatic carbocycles. The normalized spacial score (nSPS) is 16.0. The van der Waals surface area contributed by atoms with Gasteiger partial charge in [0.25, 0.3) is 5.91 Å². The van der Waals surface area contributed by atoms with Gasteiger partial charge in [0.05, 0.1) is 33.5 Å². The van der Waals surface area contributed by atoms with Crippen LogP contribution < -0.4 is 20.1 Å². The van der Waals surface area contributed by atoms with Gasteiger partial charge in [-0.2, -0.15) is 0 Å². The highest BCUT2D eigenvalue weighted by molar-refractivity contribution is 6.28. The Kier molecular flexibility index (Phi) is 13.7. The lowest BCUT2D eigenvalue weighted by atomic mass is 9.80. The molecule has 364 valence electrons.